The van der Waals surface area contributed by atoms with Crippen LogP contribution in [0.4, 0.5) is 0 Å². The lowest BCUT2D eigenvalue weighted by molar-refractivity contribution is -0.138. The van der Waals surface area contributed by atoms with Gasteiger partial charge in [0.25, 0.3) is 0 Å². The Hall–Kier alpha value is -1.06. The summed E-state index contributed by atoms with van der Waals surface area (Å²) in [5.41, 5.74) is 0. The van der Waals surface area contributed by atoms with Crippen LogP contribution in [0.25, 0.3) is 0 Å². The Morgan fingerprint density at radius 1 is 1.14 bits per heavy atom. The van der Waals surface area contributed by atoms with E-state index in [2.05, 4.69) is 5.32 Å². The smallest absolute Gasteiger partial charge is 0.322 e. The number of hydrogen-bond acceptors (Lipinski definition) is 2. The second-order valence-corrected chi connectivity index (χ2v) is 3.80. The summed E-state index contributed by atoms with van der Waals surface area (Å²) in [7, 11) is 0. The number of hydrogen-bond donors (Lipinski definition) is 2. The van der Waals surface area contributed by atoms with Crippen molar-refractivity contribution in [2.24, 2.45) is 5.92 Å². The van der Waals surface area contributed by atoms with E-state index in [1.54, 1.807) is 0 Å². The molecule has 80 valence electrons. The number of carbonyl (C=O) groups excluding carboxylic acids is 1. The minimum absolute atomic E-state index is 0.0387. The fourth-order valence-electron chi connectivity index (χ4n) is 1.85. The summed E-state index contributed by atoms with van der Waals surface area (Å²) in [5, 5.41) is 10.8. The van der Waals surface area contributed by atoms with Crippen LogP contribution < -0.4 is 5.32 Å². The van der Waals surface area contributed by atoms with Crippen LogP contribution in [0.15, 0.2) is 0 Å². The van der Waals surface area contributed by atoms with Crippen molar-refractivity contribution in [3.63, 3.8) is 0 Å². The molecule has 1 aliphatic rings. The maximum Gasteiger partial charge on any atom is 0.322 e. The molecule has 0 aromatic heterocycles. The molecule has 0 aliphatic heterocycles. The third-order valence-electron chi connectivity index (χ3n) is 2.64. The summed E-state index contributed by atoms with van der Waals surface area (Å²) in [6.45, 7) is -0.255. The van der Waals surface area contributed by atoms with Gasteiger partial charge in [-0.1, -0.05) is 25.7 Å². The van der Waals surface area contributed by atoms with Crippen LogP contribution in [0.1, 0.15) is 38.5 Å². The second kappa shape index (κ2) is 5.62. The van der Waals surface area contributed by atoms with E-state index in [-0.39, 0.29) is 18.4 Å². The molecule has 0 radical (unpaired) electrons. The highest BCUT2D eigenvalue weighted by Crippen LogP contribution is 2.22. The summed E-state index contributed by atoms with van der Waals surface area (Å²) in [4.78, 5) is 21.7. The number of amides is 1. The number of carbonyl (C=O) groups is 2. The van der Waals surface area contributed by atoms with Gasteiger partial charge in [0, 0.05) is 5.92 Å². The van der Waals surface area contributed by atoms with Crippen LogP contribution in [-0.4, -0.2) is 23.5 Å². The van der Waals surface area contributed by atoms with E-state index in [0.717, 1.165) is 25.7 Å². The zero-order valence-electron chi connectivity index (χ0n) is 8.29. The molecule has 14 heavy (non-hydrogen) atoms. The fourth-order valence-corrected chi connectivity index (χ4v) is 1.85. The van der Waals surface area contributed by atoms with Gasteiger partial charge in [0.2, 0.25) is 5.91 Å². The summed E-state index contributed by atoms with van der Waals surface area (Å²) in [5.74, 6) is -1.03. The molecule has 0 aromatic carbocycles. The number of rotatable bonds is 3. The van der Waals surface area contributed by atoms with E-state index in [1.165, 1.54) is 12.8 Å². The third-order valence-corrected chi connectivity index (χ3v) is 2.64. The van der Waals surface area contributed by atoms with Crippen LogP contribution in [-0.2, 0) is 9.59 Å². The Labute approximate surface area is 83.7 Å². The first kappa shape index (κ1) is 11.0. The highest BCUT2D eigenvalue weighted by molar-refractivity contribution is 5.82. The maximum atomic E-state index is 11.5. The van der Waals surface area contributed by atoms with Crippen molar-refractivity contribution < 1.29 is 14.7 Å². The quantitative estimate of drug-likeness (QED) is 0.670. The van der Waals surface area contributed by atoms with E-state index in [1.807, 2.05) is 0 Å². The van der Waals surface area contributed by atoms with Gasteiger partial charge in [0.15, 0.2) is 0 Å². The summed E-state index contributed by atoms with van der Waals surface area (Å²) in [6, 6.07) is 0. The molecule has 0 aromatic rings. The van der Waals surface area contributed by atoms with Crippen molar-refractivity contribution in [1.82, 2.24) is 5.32 Å². The lowest BCUT2D eigenvalue weighted by Crippen LogP contribution is -2.34. The lowest BCUT2D eigenvalue weighted by Gasteiger charge is -2.12. The average Bonchev–Trinajstić information content (AvgIpc) is 2.42. The normalized spacial score (nSPS) is 18.6. The molecule has 0 bridgehead atoms. The molecule has 0 atom stereocenters. The topological polar surface area (TPSA) is 66.4 Å². The third kappa shape index (κ3) is 3.77. The van der Waals surface area contributed by atoms with Crippen LogP contribution >= 0.6 is 0 Å². The molecule has 0 saturated heterocycles. The minimum Gasteiger partial charge on any atom is -0.480 e. The fraction of sp³-hybridized carbons (Fsp3) is 0.800. The Morgan fingerprint density at radius 3 is 2.21 bits per heavy atom. The Bertz CT molecular complexity index is 207. The molecule has 0 heterocycles. The van der Waals surface area contributed by atoms with Crippen molar-refractivity contribution in [2.75, 3.05) is 6.54 Å². The van der Waals surface area contributed by atoms with Crippen molar-refractivity contribution >= 4 is 11.9 Å². The first-order valence-electron chi connectivity index (χ1n) is 5.19. The summed E-state index contributed by atoms with van der Waals surface area (Å²) in [6.07, 6.45) is 6.39. The standard InChI is InChI=1S/C10H17NO3/c12-9(13)7-11-10(14)8-5-3-1-2-4-6-8/h8H,1-7H2,(H,11,14)(H,12,13). The van der Waals surface area contributed by atoms with Gasteiger partial charge >= 0.3 is 5.97 Å². The molecule has 1 rings (SSSR count). The first-order chi connectivity index (χ1) is 6.70. The molecule has 1 fully saturated rings. The summed E-state index contributed by atoms with van der Waals surface area (Å²) >= 11 is 0. The van der Waals surface area contributed by atoms with Gasteiger partial charge in [-0.15, -0.1) is 0 Å². The maximum absolute atomic E-state index is 11.5. The largest absolute Gasteiger partial charge is 0.480 e. The molecular formula is C10H17NO3. The number of carboxylic acids is 1. The number of carboxylic acid groups (broad SMARTS) is 1. The van der Waals surface area contributed by atoms with Crippen molar-refractivity contribution in [3.05, 3.63) is 0 Å². The van der Waals surface area contributed by atoms with Gasteiger partial charge in [-0.05, 0) is 12.8 Å². The Kier molecular flexibility index (Phi) is 4.43. The van der Waals surface area contributed by atoms with E-state index in [4.69, 9.17) is 5.11 Å². The van der Waals surface area contributed by atoms with Crippen LogP contribution in [0.3, 0.4) is 0 Å². The lowest BCUT2D eigenvalue weighted by atomic mass is 10.00. The molecule has 1 saturated carbocycles. The highest BCUT2D eigenvalue weighted by Gasteiger charge is 2.19. The monoisotopic (exact) mass is 199 g/mol. The minimum atomic E-state index is -0.980. The number of nitrogens with one attached hydrogen (secondary N) is 1. The molecule has 0 spiro atoms. The molecule has 1 aliphatic carbocycles. The van der Waals surface area contributed by atoms with E-state index in [0.29, 0.717) is 0 Å². The van der Waals surface area contributed by atoms with Crippen molar-refractivity contribution in [1.29, 1.82) is 0 Å². The van der Waals surface area contributed by atoms with Gasteiger partial charge in [0.05, 0.1) is 0 Å². The predicted molar refractivity (Wildman–Crippen MR) is 51.8 cm³/mol. The van der Waals surface area contributed by atoms with Crippen molar-refractivity contribution in [2.45, 2.75) is 38.5 Å². The average molecular weight is 199 g/mol. The van der Waals surface area contributed by atoms with Crippen molar-refractivity contribution in [3.8, 4) is 0 Å². The SMILES string of the molecule is O=C(O)CNC(=O)C1CCCCCC1. The molecule has 1 amide bonds. The van der Waals surface area contributed by atoms with E-state index < -0.39 is 5.97 Å². The van der Waals surface area contributed by atoms with Crippen LogP contribution in [0.2, 0.25) is 0 Å². The molecule has 4 nitrogen and oxygen atoms in total. The van der Waals surface area contributed by atoms with E-state index >= 15 is 0 Å². The Balaban J connectivity index is 2.30. The molecule has 0 unspecified atom stereocenters. The van der Waals surface area contributed by atoms with Crippen LogP contribution in [0.5, 0.6) is 0 Å². The highest BCUT2D eigenvalue weighted by atomic mass is 16.4. The second-order valence-electron chi connectivity index (χ2n) is 3.80. The molecule has 4 heteroatoms. The van der Waals surface area contributed by atoms with Gasteiger partial charge < -0.3 is 10.4 Å². The zero-order valence-corrected chi connectivity index (χ0v) is 8.29. The zero-order chi connectivity index (χ0) is 10.4. The van der Waals surface area contributed by atoms with E-state index in [9.17, 15) is 9.59 Å². The molecule has 2 N–H and O–H groups in total. The van der Waals surface area contributed by atoms with Gasteiger partial charge in [0.1, 0.15) is 6.54 Å². The van der Waals surface area contributed by atoms with Crippen LogP contribution in [0, 0.1) is 5.92 Å². The molecular weight excluding hydrogens is 182 g/mol. The van der Waals surface area contributed by atoms with Gasteiger partial charge in [-0.25, -0.2) is 0 Å². The number of aliphatic carboxylic acids is 1. The first-order valence-corrected chi connectivity index (χ1v) is 5.19. The Morgan fingerprint density at radius 2 is 1.71 bits per heavy atom. The summed E-state index contributed by atoms with van der Waals surface area (Å²) < 4.78 is 0. The van der Waals surface area contributed by atoms with Gasteiger partial charge in [-0.3, -0.25) is 9.59 Å². The van der Waals surface area contributed by atoms with Gasteiger partial charge in [-0.2, -0.15) is 0 Å². The predicted octanol–water partition coefficient (Wildman–Crippen LogP) is 1.16.